The number of aryl methyl sites for hydroxylation is 2. The quantitative estimate of drug-likeness (QED) is 0.857. The molecule has 0 saturated heterocycles. The molecule has 0 radical (unpaired) electrons. The van der Waals surface area contributed by atoms with Gasteiger partial charge in [-0.05, 0) is 80.2 Å². The van der Waals surface area contributed by atoms with E-state index in [4.69, 9.17) is 0 Å². The van der Waals surface area contributed by atoms with E-state index in [1.54, 1.807) is 0 Å². The van der Waals surface area contributed by atoms with Gasteiger partial charge in [-0.1, -0.05) is 6.07 Å². The first kappa shape index (κ1) is 13.6. The monoisotopic (exact) mass is 294 g/mol. The summed E-state index contributed by atoms with van der Waals surface area (Å²) >= 11 is 0. The fraction of sp³-hybridized carbons (Fsp3) is 0.421. The molecule has 2 aromatic rings. The number of fused-ring (bicyclic) bond motifs is 2. The molecule has 1 aromatic heterocycles. The Morgan fingerprint density at radius 3 is 2.36 bits per heavy atom. The van der Waals surface area contributed by atoms with Gasteiger partial charge >= 0.3 is 0 Å². The van der Waals surface area contributed by atoms with Gasteiger partial charge in [0.1, 0.15) is 0 Å². The fourth-order valence-electron chi connectivity index (χ4n) is 4.15. The zero-order valence-corrected chi connectivity index (χ0v) is 13.2. The van der Waals surface area contributed by atoms with Crippen LogP contribution < -0.4 is 10.9 Å². The third kappa shape index (κ3) is 2.07. The molecule has 1 heterocycles. The number of pyridine rings is 1. The molecule has 3 aliphatic carbocycles. The average molecular weight is 294 g/mol. The molecule has 1 aromatic carbocycles. The van der Waals surface area contributed by atoms with Crippen LogP contribution in [0.1, 0.15) is 59.8 Å². The molecule has 0 aliphatic heterocycles. The first-order chi connectivity index (χ1) is 10.6. The lowest BCUT2D eigenvalue weighted by molar-refractivity contribution is 0.356. The molecule has 3 heteroatoms. The molecule has 2 N–H and O–H groups in total. The van der Waals surface area contributed by atoms with Gasteiger partial charge in [0.05, 0.1) is 5.69 Å². The minimum Gasteiger partial charge on any atom is -0.354 e. The Morgan fingerprint density at radius 1 is 1.00 bits per heavy atom. The Labute approximate surface area is 130 Å². The van der Waals surface area contributed by atoms with Crippen molar-refractivity contribution >= 4 is 11.4 Å². The lowest BCUT2D eigenvalue weighted by Crippen LogP contribution is -2.30. The highest BCUT2D eigenvalue weighted by atomic mass is 16.1. The van der Waals surface area contributed by atoms with Crippen molar-refractivity contribution in [2.45, 2.75) is 51.4 Å². The molecular weight excluding hydrogens is 272 g/mol. The maximum atomic E-state index is 12.3. The summed E-state index contributed by atoms with van der Waals surface area (Å²) in [4.78, 5) is 15.2. The van der Waals surface area contributed by atoms with E-state index in [-0.39, 0.29) is 5.56 Å². The number of nitrogens with one attached hydrogen (secondary N) is 2. The van der Waals surface area contributed by atoms with E-state index in [0.717, 1.165) is 16.9 Å². The van der Waals surface area contributed by atoms with Crippen LogP contribution in [0.4, 0.5) is 11.4 Å². The van der Waals surface area contributed by atoms with E-state index >= 15 is 0 Å². The molecule has 3 nitrogen and oxygen atoms in total. The third-order valence-corrected chi connectivity index (χ3v) is 5.50. The molecule has 114 valence electrons. The SMILES string of the molecule is Cc1ccc(Nc2c[nH]c(=O)c3c2C2CCC3CC2)cc1C. The summed E-state index contributed by atoms with van der Waals surface area (Å²) in [6.07, 6.45) is 6.66. The topological polar surface area (TPSA) is 44.9 Å². The molecule has 0 unspecified atom stereocenters. The number of rotatable bonds is 2. The van der Waals surface area contributed by atoms with Crippen LogP contribution in [0.15, 0.2) is 29.2 Å². The van der Waals surface area contributed by atoms with Crippen LogP contribution in [-0.4, -0.2) is 4.98 Å². The van der Waals surface area contributed by atoms with E-state index in [0.29, 0.717) is 11.8 Å². The molecule has 5 rings (SSSR count). The number of H-pyrrole nitrogens is 1. The van der Waals surface area contributed by atoms with Gasteiger partial charge in [-0.15, -0.1) is 0 Å². The second-order valence-corrected chi connectivity index (χ2v) is 6.83. The molecule has 1 fully saturated rings. The van der Waals surface area contributed by atoms with Crippen molar-refractivity contribution in [2.75, 3.05) is 5.32 Å². The van der Waals surface area contributed by atoms with Crippen molar-refractivity contribution in [3.8, 4) is 0 Å². The highest BCUT2D eigenvalue weighted by Gasteiger charge is 2.36. The summed E-state index contributed by atoms with van der Waals surface area (Å²) in [5.74, 6) is 1.02. The number of hydrogen-bond acceptors (Lipinski definition) is 2. The van der Waals surface area contributed by atoms with E-state index in [2.05, 4.69) is 42.3 Å². The Kier molecular flexibility index (Phi) is 3.10. The molecule has 2 bridgehead atoms. The van der Waals surface area contributed by atoms with Gasteiger partial charge in [-0.25, -0.2) is 0 Å². The van der Waals surface area contributed by atoms with E-state index in [9.17, 15) is 4.79 Å². The van der Waals surface area contributed by atoms with Gasteiger partial charge < -0.3 is 10.3 Å². The summed E-state index contributed by atoms with van der Waals surface area (Å²) in [5, 5.41) is 3.54. The van der Waals surface area contributed by atoms with Crippen LogP contribution in [0, 0.1) is 13.8 Å². The van der Waals surface area contributed by atoms with Crippen LogP contribution in [0.2, 0.25) is 0 Å². The van der Waals surface area contributed by atoms with Gasteiger partial charge in [-0.2, -0.15) is 0 Å². The molecule has 1 saturated carbocycles. The van der Waals surface area contributed by atoms with E-state index < -0.39 is 0 Å². The summed E-state index contributed by atoms with van der Waals surface area (Å²) in [5.41, 5.74) is 7.22. The number of benzene rings is 1. The van der Waals surface area contributed by atoms with Crippen molar-refractivity contribution in [1.82, 2.24) is 4.98 Å². The molecule has 3 aliphatic rings. The highest BCUT2D eigenvalue weighted by Crippen LogP contribution is 2.50. The van der Waals surface area contributed by atoms with Crippen LogP contribution in [0.5, 0.6) is 0 Å². The first-order valence-corrected chi connectivity index (χ1v) is 8.23. The lowest BCUT2D eigenvalue weighted by Gasteiger charge is -2.38. The molecule has 22 heavy (non-hydrogen) atoms. The zero-order valence-electron chi connectivity index (χ0n) is 13.2. The van der Waals surface area contributed by atoms with Crippen LogP contribution in [0.25, 0.3) is 0 Å². The minimum atomic E-state index is 0.120. The number of hydrogen-bond donors (Lipinski definition) is 2. The van der Waals surface area contributed by atoms with Crippen molar-refractivity contribution in [2.24, 2.45) is 0 Å². The average Bonchev–Trinajstić information content (AvgIpc) is 2.54. The smallest absolute Gasteiger partial charge is 0.251 e. The summed E-state index contributed by atoms with van der Waals surface area (Å²) < 4.78 is 0. The largest absolute Gasteiger partial charge is 0.354 e. The van der Waals surface area contributed by atoms with Gasteiger partial charge in [0.25, 0.3) is 5.56 Å². The first-order valence-electron chi connectivity index (χ1n) is 8.23. The van der Waals surface area contributed by atoms with Crippen LogP contribution >= 0.6 is 0 Å². The van der Waals surface area contributed by atoms with Crippen molar-refractivity contribution in [1.29, 1.82) is 0 Å². The number of aromatic amines is 1. The predicted octanol–water partition coefficient (Wildman–Crippen LogP) is 4.49. The van der Waals surface area contributed by atoms with Crippen molar-refractivity contribution < 1.29 is 0 Å². The van der Waals surface area contributed by atoms with Gasteiger partial charge in [0.2, 0.25) is 0 Å². The molecule has 0 amide bonds. The highest BCUT2D eigenvalue weighted by molar-refractivity contribution is 5.66. The number of anilines is 2. The third-order valence-electron chi connectivity index (χ3n) is 5.50. The van der Waals surface area contributed by atoms with Gasteiger partial charge in [-0.3, -0.25) is 4.79 Å². The maximum absolute atomic E-state index is 12.3. The molecule has 0 spiro atoms. The summed E-state index contributed by atoms with van der Waals surface area (Å²) in [6, 6.07) is 6.43. The fourth-order valence-corrected chi connectivity index (χ4v) is 4.15. The Morgan fingerprint density at radius 2 is 1.68 bits per heavy atom. The Hall–Kier alpha value is -2.03. The maximum Gasteiger partial charge on any atom is 0.251 e. The predicted molar refractivity (Wildman–Crippen MR) is 90.2 cm³/mol. The Balaban J connectivity index is 1.78. The minimum absolute atomic E-state index is 0.120. The summed E-state index contributed by atoms with van der Waals surface area (Å²) in [6.45, 7) is 4.25. The van der Waals surface area contributed by atoms with Crippen LogP contribution in [0.3, 0.4) is 0 Å². The second kappa shape index (κ2) is 5.01. The van der Waals surface area contributed by atoms with Gasteiger partial charge in [0.15, 0.2) is 0 Å². The zero-order chi connectivity index (χ0) is 15.3. The normalized spacial score (nSPS) is 22.5. The second-order valence-electron chi connectivity index (χ2n) is 6.83. The number of aromatic nitrogens is 1. The lowest BCUT2D eigenvalue weighted by atomic mass is 9.67. The summed E-state index contributed by atoms with van der Waals surface area (Å²) in [7, 11) is 0. The van der Waals surface area contributed by atoms with Crippen molar-refractivity contribution in [3.63, 3.8) is 0 Å². The Bertz CT molecular complexity index is 783. The van der Waals surface area contributed by atoms with Crippen LogP contribution in [-0.2, 0) is 0 Å². The van der Waals surface area contributed by atoms with Crippen molar-refractivity contribution in [3.05, 3.63) is 57.0 Å². The van der Waals surface area contributed by atoms with E-state index in [1.165, 1.54) is 42.4 Å². The molecule has 0 atom stereocenters. The van der Waals surface area contributed by atoms with Gasteiger partial charge in [0, 0.05) is 17.4 Å². The molecular formula is C19H22N2O. The van der Waals surface area contributed by atoms with E-state index in [1.807, 2.05) is 6.20 Å². The standard InChI is InChI=1S/C19H22N2O/c1-11-3-8-15(9-12(11)2)21-16-10-20-19(22)18-14-6-4-13(5-7-14)17(16)18/h3,8-10,13-14,21H,4-7H2,1-2H3,(H,20,22).